The van der Waals surface area contributed by atoms with Crippen LogP contribution >= 0.6 is 0 Å². The fourth-order valence-electron chi connectivity index (χ4n) is 8.77. The molecule has 5 aromatic carbocycles. The number of hydrogen-bond donors (Lipinski definition) is 1. The van der Waals surface area contributed by atoms with Gasteiger partial charge in [-0.25, -0.2) is 4.79 Å². The highest BCUT2D eigenvalue weighted by atomic mass is 16.6. The largest absolute Gasteiger partial charge is 0.478 e. The van der Waals surface area contributed by atoms with Crippen LogP contribution in [0, 0.1) is 64.4 Å². The van der Waals surface area contributed by atoms with Crippen LogP contribution < -0.4 is 0 Å². The molecule has 101 heavy (non-hydrogen) atoms. The van der Waals surface area contributed by atoms with E-state index in [-0.39, 0.29) is 88.7 Å². The summed E-state index contributed by atoms with van der Waals surface area (Å²) >= 11 is 0. The molecule has 0 fully saturated rings. The summed E-state index contributed by atoms with van der Waals surface area (Å²) in [6.45, 7) is 53.1. The molecule has 20 nitrogen and oxygen atoms in total. The van der Waals surface area contributed by atoms with E-state index in [9.17, 15) is 55.4 Å². The summed E-state index contributed by atoms with van der Waals surface area (Å²) in [5.74, 6) is -0.943. The Bertz CT molecular complexity index is 3830. The van der Waals surface area contributed by atoms with Crippen molar-refractivity contribution in [1.82, 2.24) is 15.0 Å². The Morgan fingerprint density at radius 3 is 1.14 bits per heavy atom. The van der Waals surface area contributed by atoms with Crippen molar-refractivity contribution >= 4 is 34.5 Å². The molecule has 1 N–H and O–H groups in total. The number of carboxylic acid groups (broad SMARTS) is 1. The van der Waals surface area contributed by atoms with Crippen molar-refractivity contribution in [3.8, 4) is 0 Å². The Balaban J connectivity index is 0.00000113. The topological polar surface area (TPSA) is 292 Å². The molecule has 3 heterocycles. The maximum absolute atomic E-state index is 10.9. The Morgan fingerprint density at radius 2 is 0.752 bits per heavy atom. The number of aromatic nitrogens is 3. The summed E-state index contributed by atoms with van der Waals surface area (Å²) < 4.78 is 0. The summed E-state index contributed by atoms with van der Waals surface area (Å²) in [4.78, 5) is 73.7. The van der Waals surface area contributed by atoms with E-state index in [2.05, 4.69) is 134 Å². The maximum Gasteiger partial charge on any atom is 0.363 e. The number of nitrogens with zero attached hydrogens (tertiary/aromatic N) is 8. The zero-order chi connectivity index (χ0) is 77.3. The SMILES string of the molecule is C.CC(C)(C)c1cc([N+](=O)[O-])ccn1.CC(C)(C)c1ccc([N+](=O)[O-])cc1.CC(C)(C)c1ccccc1.CC(C)(C)c1ccccc1[N+](=O)[O-].CC(C)(C)c1ccccn1.CC(C)(C)c1ccnc([N+](=O)[O-])c1.Cc1ccc(C(C)(C)C)c([N+](=O)[O-])c1.Cc1ccc(C(C)(C)C)cc1C(=O)O. The van der Waals surface area contributed by atoms with Gasteiger partial charge in [0.25, 0.3) is 22.7 Å². The minimum atomic E-state index is -0.853. The van der Waals surface area contributed by atoms with E-state index in [1.165, 1.54) is 36.2 Å². The normalized spacial score (nSPS) is 11.3. The van der Waals surface area contributed by atoms with E-state index in [1.807, 2.05) is 146 Å². The Labute approximate surface area is 600 Å². The number of aryl methyl sites for hydroxylation is 2. The molecule has 20 heteroatoms. The standard InChI is InChI=1S/C12H16O2.C11H15NO2.2C10H13NO2.C10H14.2C9H12N2O2.C9H13N.CH4/c1-8-5-6-9(12(2,3)4)7-10(8)11(13)14;1-8-5-6-9(11(2,3)4)10(7-8)12(13)14;1-10(2,3)8-4-6-9(7-5-8)11(12)13;1-10(2,3)8-6-4-5-7-9(8)11(12)13;1-10(2,3)9-7-5-4-6-8-9;1-9(2,3)8-6-7(11(12)13)4-5-10-8;1-9(2,3)7-4-5-10-8(6-7)11(12)13;1-9(2,3)8-6-4-5-7-10-8;/h5-7H,1-4H3,(H,13,14);5-7H,1-4H3;2*4-7H,1-3H3;4-8H,1-3H3;2*4-6H,1-3H3;4-7H,1-3H3;1H4. The zero-order valence-electron chi connectivity index (χ0n) is 63.8. The minimum absolute atomic E-state index is 0. The molecule has 0 aliphatic rings. The summed E-state index contributed by atoms with van der Waals surface area (Å²) in [5, 5.41) is 61.7. The van der Waals surface area contributed by atoms with Gasteiger partial charge in [-0.2, -0.15) is 0 Å². The highest BCUT2D eigenvalue weighted by Crippen LogP contribution is 2.33. The molecule has 548 valence electrons. The Morgan fingerprint density at radius 1 is 0.337 bits per heavy atom. The lowest BCUT2D eigenvalue weighted by atomic mass is 9.85. The third-order valence-corrected chi connectivity index (χ3v) is 14.9. The molecule has 0 unspecified atom stereocenters. The van der Waals surface area contributed by atoms with Crippen molar-refractivity contribution < 1.29 is 34.5 Å². The number of nitro benzene ring substituents is 3. The number of carbonyl (C=O) groups is 1. The third kappa shape index (κ3) is 33.2. The number of pyridine rings is 3. The molecule has 3 aromatic heterocycles. The summed E-state index contributed by atoms with van der Waals surface area (Å²) in [6, 6.07) is 47.3. The lowest BCUT2D eigenvalue weighted by Crippen LogP contribution is -2.13. The molecule has 0 atom stereocenters. The lowest BCUT2D eigenvalue weighted by molar-refractivity contribution is -0.389. The molecule has 0 amide bonds. The quantitative estimate of drug-likeness (QED) is 0.120. The molecule has 0 saturated carbocycles. The summed E-state index contributed by atoms with van der Waals surface area (Å²) in [5.41, 5.74) is 10.7. The Hall–Kier alpha value is -9.98. The fourth-order valence-corrected chi connectivity index (χ4v) is 8.77. The second kappa shape index (κ2) is 38.6. The average molecular weight is 1390 g/mol. The second-order valence-corrected chi connectivity index (χ2v) is 32.1. The first-order valence-electron chi connectivity index (χ1n) is 32.8. The van der Waals surface area contributed by atoms with Crippen LogP contribution in [-0.4, -0.2) is 50.6 Å². The van der Waals surface area contributed by atoms with Crippen LogP contribution in [0.5, 0.6) is 0 Å². The van der Waals surface area contributed by atoms with Gasteiger partial charge in [0.05, 0.1) is 31.0 Å². The first kappa shape index (κ1) is 91.0. The van der Waals surface area contributed by atoms with Crippen molar-refractivity contribution in [3.05, 3.63) is 288 Å². The molecule has 0 bridgehead atoms. The number of para-hydroxylation sites is 1. The first-order chi connectivity index (χ1) is 45.5. The number of aromatic carboxylic acids is 1. The van der Waals surface area contributed by atoms with Gasteiger partial charge in [0, 0.05) is 82.5 Å². The van der Waals surface area contributed by atoms with Gasteiger partial charge >= 0.3 is 11.8 Å². The van der Waals surface area contributed by atoms with E-state index in [0.717, 1.165) is 50.3 Å². The minimum Gasteiger partial charge on any atom is -0.478 e. The van der Waals surface area contributed by atoms with Crippen molar-refractivity contribution in [2.24, 2.45) is 0 Å². The number of benzene rings is 5. The van der Waals surface area contributed by atoms with Crippen molar-refractivity contribution in [3.63, 3.8) is 0 Å². The van der Waals surface area contributed by atoms with Crippen LogP contribution in [0.1, 0.15) is 240 Å². The molecule has 8 rings (SSSR count). The molecular formula is C81H112N8O12. The number of rotatable bonds is 6. The van der Waals surface area contributed by atoms with Gasteiger partial charge in [0.1, 0.15) is 6.20 Å². The monoisotopic (exact) mass is 1390 g/mol. The van der Waals surface area contributed by atoms with E-state index >= 15 is 0 Å². The van der Waals surface area contributed by atoms with E-state index in [0.29, 0.717) is 11.0 Å². The smallest absolute Gasteiger partial charge is 0.363 e. The number of carboxylic acids is 1. The van der Waals surface area contributed by atoms with Crippen LogP contribution in [0.4, 0.5) is 28.6 Å². The molecule has 0 radical (unpaired) electrons. The fraction of sp³-hybridized carbons (Fsp3) is 0.432. The van der Waals surface area contributed by atoms with Gasteiger partial charge in [0.2, 0.25) is 0 Å². The third-order valence-electron chi connectivity index (χ3n) is 14.9. The highest BCUT2D eigenvalue weighted by molar-refractivity contribution is 5.89. The van der Waals surface area contributed by atoms with E-state index in [1.54, 1.807) is 60.7 Å². The van der Waals surface area contributed by atoms with Gasteiger partial charge in [-0.15, -0.1) is 0 Å². The summed E-state index contributed by atoms with van der Waals surface area (Å²) in [7, 11) is 0. The van der Waals surface area contributed by atoms with Crippen LogP contribution in [0.2, 0.25) is 0 Å². The van der Waals surface area contributed by atoms with Crippen LogP contribution in [-0.2, 0) is 43.3 Å². The van der Waals surface area contributed by atoms with E-state index in [4.69, 9.17) is 5.11 Å². The molecule has 0 spiro atoms. The van der Waals surface area contributed by atoms with Crippen LogP contribution in [0.15, 0.2) is 176 Å². The average Bonchev–Trinajstić information content (AvgIpc) is 0.829. The van der Waals surface area contributed by atoms with Crippen LogP contribution in [0.3, 0.4) is 0 Å². The molecular weight excluding hydrogens is 1280 g/mol. The van der Waals surface area contributed by atoms with Crippen molar-refractivity contribution in [2.45, 2.75) is 231 Å². The molecule has 0 aliphatic heterocycles. The van der Waals surface area contributed by atoms with Crippen LogP contribution in [0.25, 0.3) is 0 Å². The van der Waals surface area contributed by atoms with Gasteiger partial charge in [-0.1, -0.05) is 265 Å². The lowest BCUT2D eigenvalue weighted by Gasteiger charge is -2.19. The zero-order valence-corrected chi connectivity index (χ0v) is 63.8. The van der Waals surface area contributed by atoms with Crippen molar-refractivity contribution in [2.75, 3.05) is 0 Å². The molecule has 0 aliphatic carbocycles. The van der Waals surface area contributed by atoms with Gasteiger partial charge in [-0.05, 0) is 114 Å². The van der Waals surface area contributed by atoms with Gasteiger partial charge < -0.3 is 15.2 Å². The molecule has 8 aromatic rings. The van der Waals surface area contributed by atoms with Gasteiger partial charge in [-0.3, -0.25) is 50.4 Å². The number of nitro groups is 5. The number of non-ortho nitro benzene ring substituents is 1. The second-order valence-electron chi connectivity index (χ2n) is 32.1. The van der Waals surface area contributed by atoms with Gasteiger partial charge in [0.15, 0.2) is 0 Å². The maximum atomic E-state index is 10.9. The predicted octanol–water partition coefficient (Wildman–Crippen LogP) is 22.5. The number of hydrogen-bond acceptors (Lipinski definition) is 14. The Kier molecular flexibility index (Phi) is 34.7. The van der Waals surface area contributed by atoms with E-state index < -0.39 is 15.8 Å². The first-order valence-corrected chi connectivity index (χ1v) is 32.8. The summed E-state index contributed by atoms with van der Waals surface area (Å²) in [6.07, 6.45) is 4.78. The van der Waals surface area contributed by atoms with Crippen molar-refractivity contribution in [1.29, 1.82) is 0 Å². The predicted molar refractivity (Wildman–Crippen MR) is 411 cm³/mol. The highest BCUT2D eigenvalue weighted by Gasteiger charge is 2.26. The molecule has 0 saturated heterocycles.